The van der Waals surface area contributed by atoms with E-state index in [1.165, 1.54) is 11.0 Å². The summed E-state index contributed by atoms with van der Waals surface area (Å²) in [7, 11) is 0. The maximum Gasteiger partial charge on any atom is 0.244 e. The Bertz CT molecular complexity index is 399. The first-order valence-corrected chi connectivity index (χ1v) is 7.12. The Labute approximate surface area is 112 Å². The monoisotopic (exact) mass is 265 g/mol. The number of hydrogen-bond acceptors (Lipinski definition) is 3. The number of amides is 1. The van der Waals surface area contributed by atoms with Crippen LogP contribution in [0, 0.1) is 0 Å². The molecule has 0 bridgehead atoms. The zero-order chi connectivity index (χ0) is 13.4. The van der Waals surface area contributed by atoms with Crippen molar-refractivity contribution >= 4 is 23.7 Å². The first kappa shape index (κ1) is 14.8. The van der Waals surface area contributed by atoms with Crippen molar-refractivity contribution in [2.24, 2.45) is 0 Å². The van der Waals surface area contributed by atoms with E-state index in [0.29, 0.717) is 13.0 Å². The van der Waals surface area contributed by atoms with Crippen LogP contribution < -0.4 is 5.32 Å². The molecule has 0 spiro atoms. The second-order valence-corrected chi connectivity index (χ2v) is 4.91. The van der Waals surface area contributed by atoms with E-state index in [2.05, 4.69) is 5.32 Å². The van der Waals surface area contributed by atoms with Crippen LogP contribution in [0.4, 0.5) is 0 Å². The van der Waals surface area contributed by atoms with E-state index in [9.17, 15) is 4.79 Å². The van der Waals surface area contributed by atoms with Crippen molar-refractivity contribution in [2.45, 2.75) is 24.3 Å². The summed E-state index contributed by atoms with van der Waals surface area (Å²) in [6.07, 6.45) is 5.51. The van der Waals surface area contributed by atoms with Crippen molar-refractivity contribution in [3.05, 3.63) is 35.9 Å². The van der Waals surface area contributed by atoms with Gasteiger partial charge in [0.15, 0.2) is 0 Å². The van der Waals surface area contributed by atoms with Gasteiger partial charge >= 0.3 is 0 Å². The molecule has 1 amide bonds. The fraction of sp³-hybridized carbons (Fsp3) is 0.357. The number of carbonyl (C=O) groups is 1. The molecular formula is C14H19NO2S. The molecular weight excluding hydrogens is 246 g/mol. The summed E-state index contributed by atoms with van der Waals surface area (Å²) in [4.78, 5) is 12.6. The molecule has 18 heavy (non-hydrogen) atoms. The van der Waals surface area contributed by atoms with Gasteiger partial charge in [-0.25, -0.2) is 0 Å². The van der Waals surface area contributed by atoms with Crippen LogP contribution >= 0.6 is 11.8 Å². The molecule has 0 heterocycles. The van der Waals surface area contributed by atoms with Gasteiger partial charge in [0.05, 0.1) is 6.10 Å². The minimum absolute atomic E-state index is 0.135. The summed E-state index contributed by atoms with van der Waals surface area (Å²) in [5, 5.41) is 11.8. The molecule has 1 atom stereocenters. The highest BCUT2D eigenvalue weighted by atomic mass is 32.2. The molecule has 4 heteroatoms. The van der Waals surface area contributed by atoms with Crippen molar-refractivity contribution in [2.75, 3.05) is 12.8 Å². The Morgan fingerprint density at radius 3 is 2.67 bits per heavy atom. The molecule has 0 radical (unpaired) electrons. The van der Waals surface area contributed by atoms with Crippen molar-refractivity contribution in [1.29, 1.82) is 0 Å². The van der Waals surface area contributed by atoms with Crippen LogP contribution in [-0.2, 0) is 4.79 Å². The normalized spacial score (nSPS) is 12.6. The number of thioether (sulfide) groups is 1. The lowest BCUT2D eigenvalue weighted by molar-refractivity contribution is -0.116. The molecule has 1 aromatic rings. The number of rotatable bonds is 6. The van der Waals surface area contributed by atoms with E-state index >= 15 is 0 Å². The SMILES string of the molecule is CSc1ccc(C=CC(=O)NCCC(C)O)cc1. The maximum absolute atomic E-state index is 11.4. The lowest BCUT2D eigenvalue weighted by Gasteiger charge is -2.04. The van der Waals surface area contributed by atoms with E-state index in [1.54, 1.807) is 24.8 Å². The summed E-state index contributed by atoms with van der Waals surface area (Å²) in [5.74, 6) is -0.135. The summed E-state index contributed by atoms with van der Waals surface area (Å²) in [5.41, 5.74) is 0.999. The quantitative estimate of drug-likeness (QED) is 0.613. The van der Waals surface area contributed by atoms with Crippen LogP contribution in [0.15, 0.2) is 35.2 Å². The molecule has 0 aromatic heterocycles. The van der Waals surface area contributed by atoms with Gasteiger partial charge in [-0.1, -0.05) is 12.1 Å². The lowest BCUT2D eigenvalue weighted by Crippen LogP contribution is -2.24. The summed E-state index contributed by atoms with van der Waals surface area (Å²) < 4.78 is 0. The number of aliphatic hydroxyl groups excluding tert-OH is 1. The molecule has 0 aliphatic heterocycles. The van der Waals surface area contributed by atoms with Crippen molar-refractivity contribution < 1.29 is 9.90 Å². The number of nitrogens with one attached hydrogen (secondary N) is 1. The molecule has 1 rings (SSSR count). The molecule has 1 unspecified atom stereocenters. The summed E-state index contributed by atoms with van der Waals surface area (Å²) in [6, 6.07) is 8.00. The van der Waals surface area contributed by atoms with Gasteiger partial charge in [0.1, 0.15) is 0 Å². The topological polar surface area (TPSA) is 49.3 Å². The van der Waals surface area contributed by atoms with Crippen LogP contribution in [-0.4, -0.2) is 29.9 Å². The fourth-order valence-corrected chi connectivity index (χ4v) is 1.76. The minimum atomic E-state index is -0.381. The van der Waals surface area contributed by atoms with Gasteiger partial charge in [0.25, 0.3) is 0 Å². The van der Waals surface area contributed by atoms with Gasteiger partial charge in [0, 0.05) is 17.5 Å². The third-order valence-electron chi connectivity index (χ3n) is 2.40. The number of aliphatic hydroxyl groups is 1. The Morgan fingerprint density at radius 1 is 1.44 bits per heavy atom. The first-order chi connectivity index (χ1) is 8.61. The highest BCUT2D eigenvalue weighted by molar-refractivity contribution is 7.98. The summed E-state index contributed by atoms with van der Waals surface area (Å²) >= 11 is 1.69. The smallest absolute Gasteiger partial charge is 0.244 e. The van der Waals surface area contributed by atoms with E-state index in [4.69, 9.17) is 5.11 Å². The molecule has 0 aliphatic rings. The van der Waals surface area contributed by atoms with Crippen LogP contribution in [0.1, 0.15) is 18.9 Å². The molecule has 3 nitrogen and oxygen atoms in total. The molecule has 0 saturated carbocycles. The zero-order valence-corrected chi connectivity index (χ0v) is 11.5. The largest absolute Gasteiger partial charge is 0.393 e. The second kappa shape index (κ2) is 7.95. The van der Waals surface area contributed by atoms with Crippen LogP contribution in [0.25, 0.3) is 6.08 Å². The average molecular weight is 265 g/mol. The Balaban J connectivity index is 2.40. The maximum atomic E-state index is 11.4. The van der Waals surface area contributed by atoms with Crippen LogP contribution in [0.3, 0.4) is 0 Å². The standard InChI is InChI=1S/C14H19NO2S/c1-11(16)9-10-15-14(17)8-5-12-3-6-13(18-2)7-4-12/h3-8,11,16H,9-10H2,1-2H3,(H,15,17). The average Bonchev–Trinajstić information content (AvgIpc) is 2.36. The third kappa shape index (κ3) is 5.89. The van der Waals surface area contributed by atoms with Crippen molar-refractivity contribution in [1.82, 2.24) is 5.32 Å². The highest BCUT2D eigenvalue weighted by Gasteiger charge is 1.98. The Morgan fingerprint density at radius 2 is 2.11 bits per heavy atom. The van der Waals surface area contributed by atoms with Crippen LogP contribution in [0.2, 0.25) is 0 Å². The van der Waals surface area contributed by atoms with Gasteiger partial charge in [-0.15, -0.1) is 11.8 Å². The second-order valence-electron chi connectivity index (χ2n) is 4.04. The zero-order valence-electron chi connectivity index (χ0n) is 10.7. The van der Waals surface area contributed by atoms with Crippen molar-refractivity contribution in [3.8, 4) is 0 Å². The van der Waals surface area contributed by atoms with Gasteiger partial charge < -0.3 is 10.4 Å². The first-order valence-electron chi connectivity index (χ1n) is 5.90. The highest BCUT2D eigenvalue weighted by Crippen LogP contribution is 2.15. The van der Waals surface area contributed by atoms with E-state index in [-0.39, 0.29) is 12.0 Å². The molecule has 0 aliphatic carbocycles. The number of benzene rings is 1. The van der Waals surface area contributed by atoms with Gasteiger partial charge in [-0.3, -0.25) is 4.79 Å². The van der Waals surface area contributed by atoms with Gasteiger partial charge in [-0.2, -0.15) is 0 Å². The van der Waals surface area contributed by atoms with E-state index < -0.39 is 0 Å². The molecule has 98 valence electrons. The van der Waals surface area contributed by atoms with Gasteiger partial charge in [0.2, 0.25) is 5.91 Å². The van der Waals surface area contributed by atoms with E-state index in [1.807, 2.05) is 30.5 Å². The predicted octanol–water partition coefficient (Wildman–Crippen LogP) is 2.31. The number of hydrogen-bond donors (Lipinski definition) is 2. The van der Waals surface area contributed by atoms with Gasteiger partial charge in [-0.05, 0) is 43.4 Å². The molecule has 2 N–H and O–H groups in total. The molecule has 0 fully saturated rings. The summed E-state index contributed by atoms with van der Waals surface area (Å²) in [6.45, 7) is 2.20. The van der Waals surface area contributed by atoms with E-state index in [0.717, 1.165) is 5.56 Å². The minimum Gasteiger partial charge on any atom is -0.393 e. The lowest BCUT2D eigenvalue weighted by atomic mass is 10.2. The fourth-order valence-electron chi connectivity index (χ4n) is 1.35. The van der Waals surface area contributed by atoms with Crippen LogP contribution in [0.5, 0.6) is 0 Å². The Kier molecular flexibility index (Phi) is 6.54. The molecule has 1 aromatic carbocycles. The Hall–Kier alpha value is -1.26. The predicted molar refractivity (Wildman–Crippen MR) is 76.6 cm³/mol. The van der Waals surface area contributed by atoms with Crippen molar-refractivity contribution in [3.63, 3.8) is 0 Å². The number of carbonyl (C=O) groups excluding carboxylic acids is 1. The molecule has 0 saturated heterocycles. The third-order valence-corrected chi connectivity index (χ3v) is 3.15.